The average Bonchev–Trinajstić information content (AvgIpc) is 2.88. The van der Waals surface area contributed by atoms with Crippen LogP contribution in [-0.2, 0) is 15.1 Å². The maximum atomic E-state index is 12.0. The Balaban J connectivity index is 1.67. The molecular formula is C18H25NO4. The molecule has 2 heterocycles. The maximum Gasteiger partial charge on any atom is 0.339 e. The molecule has 126 valence electrons. The Bertz CT molecular complexity index is 562. The van der Waals surface area contributed by atoms with Crippen LogP contribution in [0.25, 0.3) is 0 Å². The molecule has 5 nitrogen and oxygen atoms in total. The van der Waals surface area contributed by atoms with E-state index in [1.807, 2.05) is 18.2 Å². The van der Waals surface area contributed by atoms with E-state index in [1.165, 1.54) is 0 Å². The topological polar surface area (TPSA) is 48.0 Å². The van der Waals surface area contributed by atoms with Crippen LogP contribution < -0.4 is 4.74 Å². The number of benzene rings is 1. The number of rotatable bonds is 6. The summed E-state index contributed by atoms with van der Waals surface area (Å²) in [5.41, 5.74) is 1.15. The number of hydrogen-bond acceptors (Lipinski definition) is 5. The van der Waals surface area contributed by atoms with E-state index < -0.39 is 5.60 Å². The van der Waals surface area contributed by atoms with E-state index in [-0.39, 0.29) is 5.97 Å². The molecule has 0 radical (unpaired) electrons. The standard InChI is InChI=1S/C18H25NO4/c1-3-18(4-2)16-13-14(5-6-15(16)17(20)23-18)22-12-9-19-7-10-21-11-8-19/h5-6,13H,3-4,7-12H2,1-2H3. The van der Waals surface area contributed by atoms with Crippen LogP contribution in [0.2, 0.25) is 0 Å². The van der Waals surface area contributed by atoms with Gasteiger partial charge in [-0.25, -0.2) is 4.79 Å². The van der Waals surface area contributed by atoms with Crippen LogP contribution in [0, 0.1) is 0 Å². The van der Waals surface area contributed by atoms with Crippen LogP contribution in [0.4, 0.5) is 0 Å². The molecule has 0 aromatic heterocycles. The van der Waals surface area contributed by atoms with Crippen molar-refractivity contribution in [2.24, 2.45) is 0 Å². The van der Waals surface area contributed by atoms with Crippen molar-refractivity contribution in [3.05, 3.63) is 29.3 Å². The van der Waals surface area contributed by atoms with Gasteiger partial charge in [0.25, 0.3) is 0 Å². The van der Waals surface area contributed by atoms with Crippen molar-refractivity contribution in [1.29, 1.82) is 0 Å². The smallest absolute Gasteiger partial charge is 0.339 e. The van der Waals surface area contributed by atoms with Gasteiger partial charge in [0.05, 0.1) is 18.8 Å². The third kappa shape index (κ3) is 3.21. The number of carbonyl (C=O) groups excluding carboxylic acids is 1. The maximum absolute atomic E-state index is 12.0. The number of hydrogen-bond donors (Lipinski definition) is 0. The summed E-state index contributed by atoms with van der Waals surface area (Å²) >= 11 is 0. The minimum Gasteiger partial charge on any atom is -0.492 e. The highest BCUT2D eigenvalue weighted by Crippen LogP contribution is 2.43. The van der Waals surface area contributed by atoms with Crippen LogP contribution in [0.3, 0.4) is 0 Å². The quantitative estimate of drug-likeness (QED) is 0.754. The van der Waals surface area contributed by atoms with Gasteiger partial charge in [-0.05, 0) is 31.0 Å². The second kappa shape index (κ2) is 6.89. The van der Waals surface area contributed by atoms with E-state index in [9.17, 15) is 4.79 Å². The molecule has 1 fully saturated rings. The monoisotopic (exact) mass is 319 g/mol. The van der Waals surface area contributed by atoms with Crippen molar-refractivity contribution in [2.45, 2.75) is 32.3 Å². The predicted molar refractivity (Wildman–Crippen MR) is 86.9 cm³/mol. The summed E-state index contributed by atoms with van der Waals surface area (Å²) in [6.45, 7) is 9.16. The number of fused-ring (bicyclic) bond motifs is 1. The lowest BCUT2D eigenvalue weighted by Gasteiger charge is -2.27. The lowest BCUT2D eigenvalue weighted by Crippen LogP contribution is -2.38. The normalized spacial score (nSPS) is 20.2. The van der Waals surface area contributed by atoms with E-state index in [0.717, 1.165) is 57.0 Å². The second-order valence-electron chi connectivity index (χ2n) is 6.10. The molecule has 0 amide bonds. The van der Waals surface area contributed by atoms with Gasteiger partial charge in [0, 0.05) is 25.2 Å². The molecule has 1 aromatic carbocycles. The van der Waals surface area contributed by atoms with Crippen molar-refractivity contribution >= 4 is 5.97 Å². The first-order valence-corrected chi connectivity index (χ1v) is 8.49. The van der Waals surface area contributed by atoms with Crippen molar-refractivity contribution in [3.8, 4) is 5.75 Å². The predicted octanol–water partition coefficient (Wildman–Crippen LogP) is 2.58. The van der Waals surface area contributed by atoms with Gasteiger partial charge in [-0.2, -0.15) is 0 Å². The highest BCUT2D eigenvalue weighted by atomic mass is 16.6. The molecule has 3 rings (SSSR count). The van der Waals surface area contributed by atoms with Crippen LogP contribution in [-0.4, -0.2) is 50.3 Å². The molecule has 23 heavy (non-hydrogen) atoms. The van der Waals surface area contributed by atoms with Gasteiger partial charge in [0.2, 0.25) is 0 Å². The second-order valence-corrected chi connectivity index (χ2v) is 6.10. The number of esters is 1. The van der Waals surface area contributed by atoms with Crippen LogP contribution in [0.1, 0.15) is 42.6 Å². The van der Waals surface area contributed by atoms with Crippen molar-refractivity contribution in [3.63, 3.8) is 0 Å². The van der Waals surface area contributed by atoms with E-state index in [4.69, 9.17) is 14.2 Å². The SMILES string of the molecule is CCC1(CC)OC(=O)c2ccc(OCCN3CCOCC3)cc21. The highest BCUT2D eigenvalue weighted by molar-refractivity contribution is 5.95. The zero-order chi connectivity index (χ0) is 16.3. The van der Waals surface area contributed by atoms with Gasteiger partial charge in [-0.1, -0.05) is 13.8 Å². The third-order valence-electron chi connectivity index (χ3n) is 4.91. The zero-order valence-corrected chi connectivity index (χ0v) is 14.0. The molecule has 1 saturated heterocycles. The van der Waals surface area contributed by atoms with E-state index in [2.05, 4.69) is 18.7 Å². The van der Waals surface area contributed by atoms with Gasteiger partial charge in [0.1, 0.15) is 18.0 Å². The van der Waals surface area contributed by atoms with Gasteiger partial charge in [-0.15, -0.1) is 0 Å². The summed E-state index contributed by atoms with van der Waals surface area (Å²) in [6, 6.07) is 5.67. The molecule has 0 atom stereocenters. The lowest BCUT2D eigenvalue weighted by molar-refractivity contribution is -0.0127. The summed E-state index contributed by atoms with van der Waals surface area (Å²) in [4.78, 5) is 14.4. The first kappa shape index (κ1) is 16.3. The summed E-state index contributed by atoms with van der Waals surface area (Å²) < 4.78 is 16.9. The van der Waals surface area contributed by atoms with E-state index in [0.29, 0.717) is 12.2 Å². The molecular weight excluding hydrogens is 294 g/mol. The molecule has 0 bridgehead atoms. The fourth-order valence-corrected chi connectivity index (χ4v) is 3.35. The van der Waals surface area contributed by atoms with Crippen molar-refractivity contribution in [2.75, 3.05) is 39.5 Å². The average molecular weight is 319 g/mol. The Morgan fingerprint density at radius 3 is 2.65 bits per heavy atom. The van der Waals surface area contributed by atoms with Crippen LogP contribution in [0.5, 0.6) is 5.75 Å². The minimum absolute atomic E-state index is 0.219. The van der Waals surface area contributed by atoms with Gasteiger partial charge >= 0.3 is 5.97 Å². The molecule has 0 unspecified atom stereocenters. The van der Waals surface area contributed by atoms with Gasteiger partial charge in [0.15, 0.2) is 0 Å². The molecule has 0 aliphatic carbocycles. The summed E-state index contributed by atoms with van der Waals surface area (Å²) in [5, 5.41) is 0. The first-order chi connectivity index (χ1) is 11.2. The molecule has 0 N–H and O–H groups in total. The Morgan fingerprint density at radius 1 is 1.22 bits per heavy atom. The molecule has 5 heteroatoms. The van der Waals surface area contributed by atoms with Crippen molar-refractivity contribution < 1.29 is 19.0 Å². The van der Waals surface area contributed by atoms with Crippen molar-refractivity contribution in [1.82, 2.24) is 4.90 Å². The fourth-order valence-electron chi connectivity index (χ4n) is 3.35. The highest BCUT2D eigenvalue weighted by Gasteiger charge is 2.42. The van der Waals surface area contributed by atoms with E-state index in [1.54, 1.807) is 0 Å². The molecule has 2 aliphatic rings. The summed E-state index contributed by atoms with van der Waals surface area (Å²) in [5.74, 6) is 0.588. The van der Waals surface area contributed by atoms with E-state index >= 15 is 0 Å². The number of morpholine rings is 1. The zero-order valence-electron chi connectivity index (χ0n) is 14.0. The Kier molecular flexibility index (Phi) is 4.87. The third-order valence-corrected chi connectivity index (χ3v) is 4.91. The number of ether oxygens (including phenoxy) is 3. The largest absolute Gasteiger partial charge is 0.492 e. The molecule has 1 aromatic rings. The molecule has 2 aliphatic heterocycles. The summed E-state index contributed by atoms with van der Waals surface area (Å²) in [6.07, 6.45) is 1.55. The van der Waals surface area contributed by atoms with Gasteiger partial charge in [-0.3, -0.25) is 4.90 Å². The first-order valence-electron chi connectivity index (χ1n) is 8.49. The van der Waals surface area contributed by atoms with Crippen LogP contribution >= 0.6 is 0 Å². The molecule has 0 saturated carbocycles. The van der Waals surface area contributed by atoms with Crippen LogP contribution in [0.15, 0.2) is 18.2 Å². The fraction of sp³-hybridized carbons (Fsp3) is 0.611. The number of carbonyl (C=O) groups is 1. The number of nitrogens with zero attached hydrogens (tertiary/aromatic N) is 1. The van der Waals surface area contributed by atoms with Gasteiger partial charge < -0.3 is 14.2 Å². The minimum atomic E-state index is -0.490. The Hall–Kier alpha value is -1.59. The lowest BCUT2D eigenvalue weighted by atomic mass is 9.87. The summed E-state index contributed by atoms with van der Waals surface area (Å²) in [7, 11) is 0. The Morgan fingerprint density at radius 2 is 1.96 bits per heavy atom. The Labute approximate surface area is 137 Å². The number of cyclic esters (lactones) is 1. The molecule has 0 spiro atoms.